The van der Waals surface area contributed by atoms with E-state index in [0.717, 1.165) is 17.3 Å². The van der Waals surface area contributed by atoms with E-state index in [2.05, 4.69) is 5.92 Å². The standard InChI is InChI=1S/C21H15Cl2NO4S/c1-3-8-28-19-16(23)9-14(10-17(19)27-2)11-18-20(25)24(21(26)29-18)12-13-4-6-15(22)7-5-13/h1,4-7,9-11H,8,12H2,2H3/b18-11+. The van der Waals surface area contributed by atoms with E-state index in [9.17, 15) is 9.59 Å². The summed E-state index contributed by atoms with van der Waals surface area (Å²) in [6.07, 6.45) is 6.80. The van der Waals surface area contributed by atoms with Crippen LogP contribution in [0.3, 0.4) is 0 Å². The zero-order chi connectivity index (χ0) is 21.0. The Labute approximate surface area is 182 Å². The van der Waals surface area contributed by atoms with Gasteiger partial charge in [-0.1, -0.05) is 41.3 Å². The molecule has 1 fully saturated rings. The zero-order valence-electron chi connectivity index (χ0n) is 15.3. The second-order valence-electron chi connectivity index (χ2n) is 5.92. The van der Waals surface area contributed by atoms with Crippen molar-refractivity contribution < 1.29 is 19.1 Å². The van der Waals surface area contributed by atoms with Gasteiger partial charge in [0, 0.05) is 5.02 Å². The van der Waals surface area contributed by atoms with Gasteiger partial charge in [-0.25, -0.2) is 0 Å². The first-order chi connectivity index (χ1) is 13.9. The smallest absolute Gasteiger partial charge is 0.293 e. The number of ether oxygens (including phenoxy) is 2. The third-order valence-corrected chi connectivity index (χ3v) is 5.42. The molecular formula is C21H15Cl2NO4S. The minimum absolute atomic E-state index is 0.0407. The van der Waals surface area contributed by atoms with Crippen LogP contribution in [0.1, 0.15) is 11.1 Å². The molecule has 5 nitrogen and oxygen atoms in total. The Balaban J connectivity index is 1.84. The number of amides is 2. The van der Waals surface area contributed by atoms with Gasteiger partial charge in [0.15, 0.2) is 11.5 Å². The molecule has 3 rings (SSSR count). The van der Waals surface area contributed by atoms with Crippen molar-refractivity contribution >= 4 is 52.2 Å². The van der Waals surface area contributed by atoms with Gasteiger partial charge in [0.25, 0.3) is 11.1 Å². The molecule has 0 unspecified atom stereocenters. The molecule has 8 heteroatoms. The fourth-order valence-electron chi connectivity index (χ4n) is 2.64. The predicted octanol–water partition coefficient (Wildman–Crippen LogP) is 5.25. The number of carbonyl (C=O) groups excluding carboxylic acids is 2. The number of thioether (sulfide) groups is 1. The molecule has 0 radical (unpaired) electrons. The van der Waals surface area contributed by atoms with Gasteiger partial charge in [0.1, 0.15) is 6.61 Å². The number of rotatable bonds is 6. The van der Waals surface area contributed by atoms with Gasteiger partial charge in [-0.3, -0.25) is 14.5 Å². The van der Waals surface area contributed by atoms with Gasteiger partial charge in [0.2, 0.25) is 0 Å². The molecule has 0 aliphatic carbocycles. The molecular weight excluding hydrogens is 433 g/mol. The molecule has 29 heavy (non-hydrogen) atoms. The van der Waals surface area contributed by atoms with Crippen molar-refractivity contribution in [3.8, 4) is 23.8 Å². The van der Waals surface area contributed by atoms with Gasteiger partial charge in [-0.15, -0.1) is 6.42 Å². The van der Waals surface area contributed by atoms with Gasteiger partial charge in [0.05, 0.1) is 23.6 Å². The summed E-state index contributed by atoms with van der Waals surface area (Å²) >= 11 is 13.0. The highest BCUT2D eigenvalue weighted by molar-refractivity contribution is 8.18. The number of terminal acetylenes is 1. The summed E-state index contributed by atoms with van der Waals surface area (Å²) in [6.45, 7) is 0.209. The van der Waals surface area contributed by atoms with E-state index in [0.29, 0.717) is 27.0 Å². The molecule has 0 spiro atoms. The maximum atomic E-state index is 12.7. The Morgan fingerprint density at radius 1 is 1.21 bits per heavy atom. The molecule has 1 aliphatic rings. The number of imide groups is 1. The lowest BCUT2D eigenvalue weighted by atomic mass is 10.1. The van der Waals surface area contributed by atoms with E-state index in [-0.39, 0.29) is 29.3 Å². The summed E-state index contributed by atoms with van der Waals surface area (Å²) in [4.78, 5) is 26.5. The van der Waals surface area contributed by atoms with Crippen LogP contribution in [0.5, 0.6) is 11.5 Å². The van der Waals surface area contributed by atoms with E-state index in [1.807, 2.05) is 0 Å². The monoisotopic (exact) mass is 447 g/mol. The van der Waals surface area contributed by atoms with E-state index in [1.54, 1.807) is 42.5 Å². The van der Waals surface area contributed by atoms with Crippen LogP contribution in [-0.4, -0.2) is 29.8 Å². The molecule has 1 heterocycles. The van der Waals surface area contributed by atoms with Crippen LogP contribution in [0.4, 0.5) is 4.79 Å². The lowest BCUT2D eigenvalue weighted by Gasteiger charge is -2.13. The SMILES string of the molecule is C#CCOc1c(Cl)cc(/C=C2/SC(=O)N(Cc3ccc(Cl)cc3)C2=O)cc1OC. The fraction of sp³-hybridized carbons (Fsp3) is 0.143. The second-order valence-corrected chi connectivity index (χ2v) is 7.76. The van der Waals surface area contributed by atoms with Crippen molar-refractivity contribution in [2.75, 3.05) is 13.7 Å². The summed E-state index contributed by atoms with van der Waals surface area (Å²) < 4.78 is 10.7. The van der Waals surface area contributed by atoms with Crippen molar-refractivity contribution in [3.63, 3.8) is 0 Å². The molecule has 0 aromatic heterocycles. The summed E-state index contributed by atoms with van der Waals surface area (Å²) in [6, 6.07) is 10.2. The number of carbonyl (C=O) groups is 2. The van der Waals surface area contributed by atoms with E-state index in [1.165, 1.54) is 12.0 Å². The summed E-state index contributed by atoms with van der Waals surface area (Å²) in [5, 5.41) is 0.526. The quantitative estimate of drug-likeness (QED) is 0.446. The summed E-state index contributed by atoms with van der Waals surface area (Å²) in [5.74, 6) is 2.68. The van der Waals surface area contributed by atoms with Crippen LogP contribution in [0, 0.1) is 12.3 Å². The summed E-state index contributed by atoms with van der Waals surface area (Å²) in [7, 11) is 1.47. The Morgan fingerprint density at radius 2 is 1.93 bits per heavy atom. The highest BCUT2D eigenvalue weighted by Crippen LogP contribution is 2.39. The van der Waals surface area contributed by atoms with Crippen molar-refractivity contribution in [1.29, 1.82) is 0 Å². The first-order valence-electron chi connectivity index (χ1n) is 8.36. The third kappa shape index (κ3) is 4.88. The number of halogens is 2. The number of hydrogen-bond acceptors (Lipinski definition) is 5. The lowest BCUT2D eigenvalue weighted by molar-refractivity contribution is -0.123. The molecule has 2 amide bonds. The third-order valence-electron chi connectivity index (χ3n) is 3.98. The zero-order valence-corrected chi connectivity index (χ0v) is 17.6. The first-order valence-corrected chi connectivity index (χ1v) is 9.93. The van der Waals surface area contributed by atoms with Crippen molar-refractivity contribution in [1.82, 2.24) is 4.90 Å². The van der Waals surface area contributed by atoms with Crippen LogP contribution in [0.25, 0.3) is 6.08 Å². The largest absolute Gasteiger partial charge is 0.493 e. The van der Waals surface area contributed by atoms with Crippen LogP contribution in [0.15, 0.2) is 41.3 Å². The topological polar surface area (TPSA) is 55.8 Å². The van der Waals surface area contributed by atoms with Crippen LogP contribution in [-0.2, 0) is 11.3 Å². The highest BCUT2D eigenvalue weighted by Gasteiger charge is 2.35. The van der Waals surface area contributed by atoms with Crippen molar-refractivity contribution in [2.45, 2.75) is 6.54 Å². The Morgan fingerprint density at radius 3 is 2.59 bits per heavy atom. The fourth-order valence-corrected chi connectivity index (χ4v) is 3.88. The van der Waals surface area contributed by atoms with E-state index >= 15 is 0 Å². The number of methoxy groups -OCH3 is 1. The number of hydrogen-bond donors (Lipinski definition) is 0. The van der Waals surface area contributed by atoms with Gasteiger partial charge < -0.3 is 9.47 Å². The molecule has 2 aromatic rings. The molecule has 2 aromatic carbocycles. The molecule has 0 saturated carbocycles. The molecule has 0 atom stereocenters. The molecule has 148 valence electrons. The molecule has 0 N–H and O–H groups in total. The van der Waals surface area contributed by atoms with E-state index in [4.69, 9.17) is 39.1 Å². The predicted molar refractivity (Wildman–Crippen MR) is 115 cm³/mol. The van der Waals surface area contributed by atoms with Crippen LogP contribution >= 0.6 is 35.0 Å². The van der Waals surface area contributed by atoms with Crippen LogP contribution < -0.4 is 9.47 Å². The Bertz CT molecular complexity index is 1030. The van der Waals surface area contributed by atoms with Crippen molar-refractivity contribution in [2.24, 2.45) is 0 Å². The minimum atomic E-state index is -0.377. The maximum Gasteiger partial charge on any atom is 0.293 e. The second kappa shape index (κ2) is 9.27. The Hall–Kier alpha value is -2.59. The lowest BCUT2D eigenvalue weighted by Crippen LogP contribution is -2.27. The van der Waals surface area contributed by atoms with Gasteiger partial charge in [-0.05, 0) is 53.2 Å². The number of nitrogens with zero attached hydrogens (tertiary/aromatic N) is 1. The maximum absolute atomic E-state index is 12.7. The van der Waals surface area contributed by atoms with Gasteiger partial charge >= 0.3 is 0 Å². The van der Waals surface area contributed by atoms with Gasteiger partial charge in [-0.2, -0.15) is 0 Å². The minimum Gasteiger partial charge on any atom is -0.493 e. The number of benzene rings is 2. The molecule has 1 saturated heterocycles. The molecule has 0 bridgehead atoms. The highest BCUT2D eigenvalue weighted by atomic mass is 35.5. The summed E-state index contributed by atoms with van der Waals surface area (Å²) in [5.41, 5.74) is 1.40. The van der Waals surface area contributed by atoms with E-state index < -0.39 is 0 Å². The van der Waals surface area contributed by atoms with Crippen LogP contribution in [0.2, 0.25) is 10.0 Å². The first kappa shape index (κ1) is 21.1. The molecule has 1 aliphatic heterocycles. The Kier molecular flexibility index (Phi) is 6.75. The average Bonchev–Trinajstić information content (AvgIpc) is 2.95. The normalized spacial score (nSPS) is 15.0. The van der Waals surface area contributed by atoms with Crippen molar-refractivity contribution in [3.05, 3.63) is 62.5 Å². The average molecular weight is 448 g/mol.